The van der Waals surface area contributed by atoms with E-state index in [-0.39, 0.29) is 0 Å². The number of benzene rings is 2. The van der Waals surface area contributed by atoms with E-state index in [0.29, 0.717) is 5.92 Å². The molecule has 3 rings (SSSR count). The summed E-state index contributed by atoms with van der Waals surface area (Å²) in [6, 6.07) is 22.0. The molecule has 0 amide bonds. The SMILES string of the molecule is CCC1CCCN(CC(c2ccccc2)c2ccccc2)C1. The quantitative estimate of drug-likeness (QED) is 0.754. The molecule has 0 aromatic heterocycles. The average molecular weight is 293 g/mol. The van der Waals surface area contributed by atoms with Gasteiger partial charge in [0, 0.05) is 19.0 Å². The van der Waals surface area contributed by atoms with Gasteiger partial charge in [0.05, 0.1) is 0 Å². The summed E-state index contributed by atoms with van der Waals surface area (Å²) in [5, 5.41) is 0. The highest BCUT2D eigenvalue weighted by Gasteiger charge is 2.23. The van der Waals surface area contributed by atoms with E-state index in [2.05, 4.69) is 72.5 Å². The number of piperidine rings is 1. The Hall–Kier alpha value is -1.60. The second kappa shape index (κ2) is 7.60. The fourth-order valence-electron chi connectivity index (χ4n) is 3.68. The summed E-state index contributed by atoms with van der Waals surface area (Å²) in [5.41, 5.74) is 2.87. The minimum absolute atomic E-state index is 0.484. The Morgan fingerprint density at radius 2 is 1.55 bits per heavy atom. The topological polar surface area (TPSA) is 3.24 Å². The van der Waals surface area contributed by atoms with Crippen LogP contribution in [0.4, 0.5) is 0 Å². The molecular weight excluding hydrogens is 266 g/mol. The molecule has 2 aromatic rings. The van der Waals surface area contributed by atoms with Gasteiger partial charge in [0.2, 0.25) is 0 Å². The third-order valence-corrected chi connectivity index (χ3v) is 5.03. The highest BCUT2D eigenvalue weighted by atomic mass is 15.1. The van der Waals surface area contributed by atoms with Crippen LogP contribution in [0.3, 0.4) is 0 Å². The Labute approximate surface area is 135 Å². The van der Waals surface area contributed by atoms with E-state index in [1.165, 1.54) is 43.5 Å². The Morgan fingerprint density at radius 1 is 0.955 bits per heavy atom. The van der Waals surface area contributed by atoms with Crippen molar-refractivity contribution in [2.75, 3.05) is 19.6 Å². The van der Waals surface area contributed by atoms with Crippen LogP contribution in [0.1, 0.15) is 43.2 Å². The van der Waals surface area contributed by atoms with Gasteiger partial charge < -0.3 is 4.90 Å². The van der Waals surface area contributed by atoms with Crippen molar-refractivity contribution in [2.24, 2.45) is 5.92 Å². The summed E-state index contributed by atoms with van der Waals surface area (Å²) in [5.74, 6) is 1.37. The molecule has 0 aliphatic carbocycles. The van der Waals surface area contributed by atoms with E-state index in [1.54, 1.807) is 0 Å². The molecule has 0 N–H and O–H groups in total. The van der Waals surface area contributed by atoms with Crippen LogP contribution in [0, 0.1) is 5.92 Å². The predicted octanol–water partition coefficient (Wildman–Crippen LogP) is 4.94. The standard InChI is InChI=1S/C21H27N/c1-2-18-10-9-15-22(16-18)17-21(19-11-5-3-6-12-19)20-13-7-4-8-14-20/h3-8,11-14,18,21H,2,9-10,15-17H2,1H3. The lowest BCUT2D eigenvalue weighted by Crippen LogP contribution is -2.38. The minimum Gasteiger partial charge on any atom is -0.302 e. The van der Waals surface area contributed by atoms with Crippen LogP contribution in [0.15, 0.2) is 60.7 Å². The first-order chi connectivity index (χ1) is 10.9. The smallest absolute Gasteiger partial charge is 0.0217 e. The van der Waals surface area contributed by atoms with Gasteiger partial charge in [-0.05, 0) is 36.4 Å². The van der Waals surface area contributed by atoms with Gasteiger partial charge in [0.15, 0.2) is 0 Å². The van der Waals surface area contributed by atoms with E-state index in [4.69, 9.17) is 0 Å². The van der Waals surface area contributed by atoms with E-state index in [9.17, 15) is 0 Å². The van der Waals surface area contributed by atoms with Gasteiger partial charge in [-0.15, -0.1) is 0 Å². The van der Waals surface area contributed by atoms with Gasteiger partial charge in [0.1, 0.15) is 0 Å². The fraction of sp³-hybridized carbons (Fsp3) is 0.429. The molecule has 1 heteroatoms. The van der Waals surface area contributed by atoms with E-state index in [0.717, 1.165) is 12.5 Å². The van der Waals surface area contributed by atoms with Gasteiger partial charge in [-0.2, -0.15) is 0 Å². The third kappa shape index (κ3) is 3.78. The molecule has 0 spiro atoms. The van der Waals surface area contributed by atoms with Crippen LogP contribution < -0.4 is 0 Å². The monoisotopic (exact) mass is 293 g/mol. The second-order valence-electron chi connectivity index (χ2n) is 6.55. The molecule has 1 aliphatic rings. The van der Waals surface area contributed by atoms with E-state index in [1.807, 2.05) is 0 Å². The Balaban J connectivity index is 1.80. The van der Waals surface area contributed by atoms with Crippen LogP contribution in [0.2, 0.25) is 0 Å². The maximum atomic E-state index is 2.68. The molecule has 116 valence electrons. The zero-order chi connectivity index (χ0) is 15.2. The summed E-state index contributed by atoms with van der Waals surface area (Å²) in [7, 11) is 0. The molecule has 1 fully saturated rings. The highest BCUT2D eigenvalue weighted by molar-refractivity contribution is 5.32. The third-order valence-electron chi connectivity index (χ3n) is 5.03. The molecule has 0 bridgehead atoms. The van der Waals surface area contributed by atoms with Crippen molar-refractivity contribution in [3.8, 4) is 0 Å². The zero-order valence-corrected chi connectivity index (χ0v) is 13.6. The van der Waals surface area contributed by atoms with Crippen molar-refractivity contribution in [2.45, 2.75) is 32.1 Å². The first kappa shape index (κ1) is 15.3. The molecule has 22 heavy (non-hydrogen) atoms. The van der Waals surface area contributed by atoms with Crippen molar-refractivity contribution in [1.82, 2.24) is 4.90 Å². The minimum atomic E-state index is 0.484. The molecule has 0 saturated carbocycles. The fourth-order valence-corrected chi connectivity index (χ4v) is 3.68. The van der Waals surface area contributed by atoms with E-state index < -0.39 is 0 Å². The number of likely N-dealkylation sites (tertiary alicyclic amines) is 1. The van der Waals surface area contributed by atoms with Crippen LogP contribution in [-0.4, -0.2) is 24.5 Å². The van der Waals surface area contributed by atoms with Gasteiger partial charge in [0.25, 0.3) is 0 Å². The summed E-state index contributed by atoms with van der Waals surface area (Å²) in [4.78, 5) is 2.68. The van der Waals surface area contributed by atoms with Crippen molar-refractivity contribution < 1.29 is 0 Å². The van der Waals surface area contributed by atoms with Crippen molar-refractivity contribution in [1.29, 1.82) is 0 Å². The Bertz CT molecular complexity index is 509. The number of rotatable bonds is 5. The van der Waals surface area contributed by atoms with Crippen LogP contribution in [0.25, 0.3) is 0 Å². The first-order valence-electron chi connectivity index (χ1n) is 8.69. The lowest BCUT2D eigenvalue weighted by Gasteiger charge is -2.35. The van der Waals surface area contributed by atoms with Gasteiger partial charge in [-0.25, -0.2) is 0 Å². The lowest BCUT2D eigenvalue weighted by molar-refractivity contribution is 0.167. The number of nitrogens with zero attached hydrogens (tertiary/aromatic N) is 1. The molecule has 1 aliphatic heterocycles. The molecule has 1 atom stereocenters. The maximum Gasteiger partial charge on any atom is 0.0217 e. The normalized spacial score (nSPS) is 19.5. The summed E-state index contributed by atoms with van der Waals surface area (Å²) in [6.45, 7) is 6.00. The summed E-state index contributed by atoms with van der Waals surface area (Å²) >= 11 is 0. The molecule has 1 heterocycles. The predicted molar refractivity (Wildman–Crippen MR) is 94.2 cm³/mol. The first-order valence-corrected chi connectivity index (χ1v) is 8.69. The van der Waals surface area contributed by atoms with Crippen LogP contribution in [-0.2, 0) is 0 Å². The number of hydrogen-bond donors (Lipinski definition) is 0. The summed E-state index contributed by atoms with van der Waals surface area (Å²) < 4.78 is 0. The molecule has 2 aromatic carbocycles. The van der Waals surface area contributed by atoms with Crippen molar-refractivity contribution in [3.63, 3.8) is 0 Å². The highest BCUT2D eigenvalue weighted by Crippen LogP contribution is 2.28. The zero-order valence-electron chi connectivity index (χ0n) is 13.6. The largest absolute Gasteiger partial charge is 0.302 e. The average Bonchev–Trinajstić information content (AvgIpc) is 2.61. The van der Waals surface area contributed by atoms with Crippen molar-refractivity contribution in [3.05, 3.63) is 71.8 Å². The lowest BCUT2D eigenvalue weighted by atomic mass is 9.89. The number of hydrogen-bond acceptors (Lipinski definition) is 1. The van der Waals surface area contributed by atoms with Crippen molar-refractivity contribution >= 4 is 0 Å². The summed E-state index contributed by atoms with van der Waals surface area (Å²) in [6.07, 6.45) is 4.08. The maximum absolute atomic E-state index is 2.68. The molecular formula is C21H27N. The second-order valence-corrected chi connectivity index (χ2v) is 6.55. The van der Waals surface area contributed by atoms with Gasteiger partial charge in [-0.3, -0.25) is 0 Å². The molecule has 1 nitrogen and oxygen atoms in total. The van der Waals surface area contributed by atoms with E-state index >= 15 is 0 Å². The Morgan fingerprint density at radius 3 is 2.09 bits per heavy atom. The molecule has 1 saturated heterocycles. The van der Waals surface area contributed by atoms with Crippen LogP contribution in [0.5, 0.6) is 0 Å². The molecule has 1 unspecified atom stereocenters. The van der Waals surface area contributed by atoms with Crippen LogP contribution >= 0.6 is 0 Å². The molecule has 0 radical (unpaired) electrons. The van der Waals surface area contributed by atoms with Gasteiger partial charge >= 0.3 is 0 Å². The Kier molecular flexibility index (Phi) is 5.29. The van der Waals surface area contributed by atoms with Gasteiger partial charge in [-0.1, -0.05) is 74.0 Å².